The van der Waals surface area contributed by atoms with Gasteiger partial charge in [0.15, 0.2) is 0 Å². The zero-order chi connectivity index (χ0) is 18.4. The molecule has 3 N–H and O–H groups in total. The molecule has 0 heterocycles. The van der Waals surface area contributed by atoms with Crippen molar-refractivity contribution in [1.29, 1.82) is 0 Å². The van der Waals surface area contributed by atoms with Crippen molar-refractivity contribution >= 4 is 28.8 Å². The van der Waals surface area contributed by atoms with Gasteiger partial charge in [-0.2, -0.15) is 5.01 Å². The molecule has 0 radical (unpaired) electrons. The van der Waals surface area contributed by atoms with Gasteiger partial charge in [0.1, 0.15) is 5.69 Å². The fraction of sp³-hybridized carbons (Fsp3) is 0.133. The van der Waals surface area contributed by atoms with Crippen LogP contribution in [0.4, 0.5) is 27.5 Å². The maximum atomic E-state index is 12.2. The summed E-state index contributed by atoms with van der Waals surface area (Å²) >= 11 is 0. The fourth-order valence-corrected chi connectivity index (χ4v) is 1.99. The Morgan fingerprint density at radius 3 is 2.36 bits per heavy atom. The number of carbonyl (C=O) groups excluding carboxylic acids is 1. The first-order chi connectivity index (χ1) is 11.9. The monoisotopic (exact) mass is 348 g/mol. The van der Waals surface area contributed by atoms with Crippen molar-refractivity contribution in [1.82, 2.24) is 0 Å². The van der Waals surface area contributed by atoms with Gasteiger partial charge in [0.05, 0.1) is 18.0 Å². The van der Waals surface area contributed by atoms with Gasteiger partial charge < -0.3 is 20.4 Å². The van der Waals surface area contributed by atoms with Crippen LogP contribution in [0.3, 0.4) is 0 Å². The van der Waals surface area contributed by atoms with E-state index in [-0.39, 0.29) is 28.9 Å². The molecule has 10 heteroatoms. The van der Waals surface area contributed by atoms with Crippen molar-refractivity contribution in [2.75, 3.05) is 27.5 Å². The number of nitrogens with one attached hydrogen (secondary N) is 1. The predicted octanol–water partition coefficient (Wildman–Crippen LogP) is 3.06. The van der Waals surface area contributed by atoms with Crippen LogP contribution in [0, 0.1) is 10.4 Å². The standard InChI is InChI=1S/C15H16N4O6/c1-2-25-15(20)17(11-6-4-3-5-7-11)16-13-9-8-12(18(21)22)10-14(13)19(23)24/h3-10,16,23-24H,2H2,1H3/q-2. The molecule has 2 aromatic rings. The molecule has 0 aliphatic rings. The van der Waals surface area contributed by atoms with E-state index in [1.54, 1.807) is 37.3 Å². The van der Waals surface area contributed by atoms with E-state index in [1.807, 2.05) is 0 Å². The average Bonchev–Trinajstić information content (AvgIpc) is 2.60. The molecule has 0 spiro atoms. The molecule has 0 aliphatic carbocycles. The average molecular weight is 348 g/mol. The van der Waals surface area contributed by atoms with Crippen LogP contribution in [-0.2, 0) is 4.74 Å². The summed E-state index contributed by atoms with van der Waals surface area (Å²) in [6.45, 7) is 1.77. The zero-order valence-electron chi connectivity index (χ0n) is 13.2. The molecular formula is C15H16N4O6-2. The predicted molar refractivity (Wildman–Crippen MR) is 91.3 cm³/mol. The number of benzene rings is 2. The van der Waals surface area contributed by atoms with Crippen molar-refractivity contribution < 1.29 is 19.9 Å². The molecule has 0 bridgehead atoms. The van der Waals surface area contributed by atoms with Crippen LogP contribution in [0.25, 0.3) is 0 Å². The summed E-state index contributed by atoms with van der Waals surface area (Å²) < 4.78 is 4.97. The minimum atomic E-state index is -0.736. The Kier molecular flexibility index (Phi) is 5.98. The van der Waals surface area contributed by atoms with E-state index >= 15 is 0 Å². The summed E-state index contributed by atoms with van der Waals surface area (Å²) in [5.74, 6) is 0. The molecule has 10 nitrogen and oxygen atoms in total. The summed E-state index contributed by atoms with van der Waals surface area (Å²) in [6.07, 6.45) is -0.736. The Hall–Kier alpha value is -3.05. The van der Waals surface area contributed by atoms with Gasteiger partial charge in [-0.1, -0.05) is 18.2 Å². The number of nitrogens with zero attached hydrogens (tertiary/aromatic N) is 3. The van der Waals surface area contributed by atoms with E-state index in [0.29, 0.717) is 5.69 Å². The SMILES string of the molecule is CCOC(=O)N(Nc1ccc(N([O-])[O-])cc1N(O)O)c1ccccc1. The highest BCUT2D eigenvalue weighted by Gasteiger charge is 2.19. The lowest BCUT2D eigenvalue weighted by Crippen LogP contribution is -2.37. The fourth-order valence-electron chi connectivity index (χ4n) is 1.99. The van der Waals surface area contributed by atoms with Gasteiger partial charge in [0.2, 0.25) is 0 Å². The summed E-state index contributed by atoms with van der Waals surface area (Å²) in [5, 5.41) is 40.4. The minimum Gasteiger partial charge on any atom is -0.769 e. The van der Waals surface area contributed by atoms with Crippen molar-refractivity contribution in [2.45, 2.75) is 6.92 Å². The Labute approximate surface area is 143 Å². The highest BCUT2D eigenvalue weighted by atomic mass is 16.8. The van der Waals surface area contributed by atoms with Crippen LogP contribution in [0.5, 0.6) is 0 Å². The van der Waals surface area contributed by atoms with Crippen LogP contribution in [0.1, 0.15) is 6.92 Å². The summed E-state index contributed by atoms with van der Waals surface area (Å²) in [5.41, 5.74) is 2.46. The minimum absolute atomic E-state index is 0.0347. The number of anilines is 4. The lowest BCUT2D eigenvalue weighted by Gasteiger charge is -2.38. The number of hydrogen-bond acceptors (Lipinski definition) is 9. The summed E-state index contributed by atoms with van der Waals surface area (Å²) in [4.78, 5) is 12.2. The van der Waals surface area contributed by atoms with Gasteiger partial charge in [0, 0.05) is 5.69 Å². The number of hydrogen-bond donors (Lipinski definition) is 3. The first-order valence-electron chi connectivity index (χ1n) is 7.19. The summed E-state index contributed by atoms with van der Waals surface area (Å²) in [7, 11) is 0. The molecule has 2 rings (SSSR count). The molecule has 25 heavy (non-hydrogen) atoms. The van der Waals surface area contributed by atoms with Crippen molar-refractivity contribution in [2.24, 2.45) is 0 Å². The van der Waals surface area contributed by atoms with E-state index in [1.165, 1.54) is 6.07 Å². The summed E-state index contributed by atoms with van der Waals surface area (Å²) in [6, 6.07) is 11.7. The normalized spacial score (nSPS) is 10.1. The third-order valence-corrected chi connectivity index (χ3v) is 3.10. The Balaban J connectivity index is 2.40. The van der Waals surface area contributed by atoms with E-state index in [4.69, 9.17) is 4.74 Å². The first-order valence-corrected chi connectivity index (χ1v) is 7.19. The van der Waals surface area contributed by atoms with Gasteiger partial charge in [-0.15, -0.1) is 5.23 Å². The first kappa shape index (κ1) is 18.3. The second-order valence-electron chi connectivity index (χ2n) is 4.73. The van der Waals surface area contributed by atoms with Crippen LogP contribution in [0.2, 0.25) is 0 Å². The number of rotatable bonds is 6. The van der Waals surface area contributed by atoms with Crippen LogP contribution < -0.4 is 20.9 Å². The Morgan fingerprint density at radius 2 is 1.80 bits per heavy atom. The maximum Gasteiger partial charge on any atom is 0.433 e. The van der Waals surface area contributed by atoms with Crippen LogP contribution >= 0.6 is 0 Å². The number of para-hydroxylation sites is 1. The molecule has 134 valence electrons. The molecule has 0 aromatic heterocycles. The second-order valence-corrected chi connectivity index (χ2v) is 4.73. The molecule has 0 unspecified atom stereocenters. The van der Waals surface area contributed by atoms with E-state index in [9.17, 15) is 25.6 Å². The topological polar surface area (TPSA) is 135 Å². The number of amides is 1. The van der Waals surface area contributed by atoms with Crippen molar-refractivity contribution in [3.05, 3.63) is 58.9 Å². The Bertz CT molecular complexity index is 710. The van der Waals surface area contributed by atoms with Crippen molar-refractivity contribution in [3.63, 3.8) is 0 Å². The molecule has 0 aliphatic heterocycles. The maximum absolute atomic E-state index is 12.2. The van der Waals surface area contributed by atoms with Crippen molar-refractivity contribution in [3.8, 4) is 0 Å². The molecule has 1 amide bonds. The third-order valence-electron chi connectivity index (χ3n) is 3.10. The number of hydrazine groups is 1. The van der Waals surface area contributed by atoms with E-state index < -0.39 is 11.3 Å². The smallest absolute Gasteiger partial charge is 0.433 e. The largest absolute Gasteiger partial charge is 0.769 e. The lowest BCUT2D eigenvalue weighted by molar-refractivity contribution is 0.0295. The highest BCUT2D eigenvalue weighted by Crippen LogP contribution is 2.30. The quantitative estimate of drug-likeness (QED) is 0.673. The highest BCUT2D eigenvalue weighted by molar-refractivity contribution is 5.91. The van der Waals surface area contributed by atoms with Gasteiger partial charge in [0.25, 0.3) is 0 Å². The van der Waals surface area contributed by atoms with Crippen LogP contribution in [0.15, 0.2) is 48.5 Å². The molecular weight excluding hydrogens is 332 g/mol. The lowest BCUT2D eigenvalue weighted by atomic mass is 10.2. The second kappa shape index (κ2) is 8.17. The van der Waals surface area contributed by atoms with Gasteiger partial charge in [-0.05, 0) is 37.3 Å². The Morgan fingerprint density at radius 1 is 1.12 bits per heavy atom. The van der Waals surface area contributed by atoms with E-state index in [0.717, 1.165) is 17.1 Å². The van der Waals surface area contributed by atoms with E-state index in [2.05, 4.69) is 5.43 Å². The zero-order valence-corrected chi connectivity index (χ0v) is 13.2. The van der Waals surface area contributed by atoms with Crippen LogP contribution in [-0.4, -0.2) is 23.1 Å². The molecule has 0 saturated carbocycles. The molecule has 0 fully saturated rings. The molecule has 2 aromatic carbocycles. The molecule has 0 saturated heterocycles. The van der Waals surface area contributed by atoms with Gasteiger partial charge >= 0.3 is 6.09 Å². The van der Waals surface area contributed by atoms with Gasteiger partial charge in [-0.3, -0.25) is 15.8 Å². The molecule has 0 atom stereocenters. The number of carbonyl (C=O) groups is 1. The number of ether oxygens (including phenoxy) is 1. The van der Waals surface area contributed by atoms with Gasteiger partial charge in [-0.25, -0.2) is 4.79 Å². The third kappa shape index (κ3) is 4.49.